The summed E-state index contributed by atoms with van der Waals surface area (Å²) in [6.45, 7) is -0.425. The molecule has 1 aliphatic heterocycles. The maximum atomic E-state index is 13.5. The van der Waals surface area contributed by atoms with Crippen LogP contribution in [0.2, 0.25) is 0 Å². The van der Waals surface area contributed by atoms with Gasteiger partial charge in [0, 0.05) is 17.7 Å². The van der Waals surface area contributed by atoms with Crippen molar-refractivity contribution in [3.63, 3.8) is 0 Å². The molecule has 1 aliphatic carbocycles. The number of ether oxygens (including phenoxy) is 3. The lowest BCUT2D eigenvalue weighted by Gasteiger charge is -2.35. The van der Waals surface area contributed by atoms with Crippen LogP contribution in [0.25, 0.3) is 0 Å². The summed E-state index contributed by atoms with van der Waals surface area (Å²) >= 11 is 0. The van der Waals surface area contributed by atoms with Gasteiger partial charge >= 0.3 is 5.97 Å². The minimum absolute atomic E-state index is 0.0240. The molecule has 2 N–H and O–H groups in total. The zero-order chi connectivity index (χ0) is 24.5. The average Bonchev–Trinajstić information content (AvgIpc) is 3.34. The highest BCUT2D eigenvalue weighted by Crippen LogP contribution is 2.45. The Bertz CT molecular complexity index is 1310. The van der Waals surface area contributed by atoms with Crippen LogP contribution < -0.4 is 19.5 Å². The van der Waals surface area contributed by atoms with E-state index in [1.54, 1.807) is 31.0 Å². The minimum Gasteiger partial charge on any atom is -0.493 e. The van der Waals surface area contributed by atoms with Crippen molar-refractivity contribution in [2.24, 2.45) is 0 Å². The molecule has 180 valence electrons. The van der Waals surface area contributed by atoms with Gasteiger partial charge in [0.25, 0.3) is 0 Å². The summed E-state index contributed by atoms with van der Waals surface area (Å²) in [6.07, 6.45) is 2.42. The standard InChI is InChI=1S/C25H24N4O6/c1-33-20-8-5-15(11-21(20)34-2)16-9-18-23(19(30)10-16)24(29-25(28-18)26-13-27-29)14-3-6-17(7-4-14)35-12-22(31)32/h3-8,11,13,16,24H,9-10,12H2,1-2H3,(H,31,32)(H,26,27,28)/t16-,24+/m0/s1. The number of ketones is 1. The van der Waals surface area contributed by atoms with Crippen LogP contribution in [0.5, 0.6) is 17.2 Å². The summed E-state index contributed by atoms with van der Waals surface area (Å²) < 4.78 is 17.7. The Morgan fingerprint density at radius 3 is 2.54 bits per heavy atom. The largest absolute Gasteiger partial charge is 0.493 e. The summed E-state index contributed by atoms with van der Waals surface area (Å²) in [5.74, 6) is 1.19. The molecule has 2 atom stereocenters. The second kappa shape index (κ2) is 9.13. The van der Waals surface area contributed by atoms with Crippen LogP contribution in [-0.2, 0) is 9.59 Å². The molecule has 1 aromatic heterocycles. The van der Waals surface area contributed by atoms with Gasteiger partial charge in [0.1, 0.15) is 18.1 Å². The topological polar surface area (TPSA) is 125 Å². The van der Waals surface area contributed by atoms with Gasteiger partial charge in [-0.25, -0.2) is 9.48 Å². The van der Waals surface area contributed by atoms with E-state index in [1.807, 2.05) is 30.3 Å². The molecule has 0 amide bonds. The Balaban J connectivity index is 1.48. The first-order valence-corrected chi connectivity index (χ1v) is 11.1. The molecule has 0 unspecified atom stereocenters. The first-order valence-electron chi connectivity index (χ1n) is 11.1. The van der Waals surface area contributed by atoms with Crippen molar-refractivity contribution in [2.45, 2.75) is 24.8 Å². The molecule has 0 saturated heterocycles. The van der Waals surface area contributed by atoms with Gasteiger partial charge in [0.2, 0.25) is 5.95 Å². The van der Waals surface area contributed by atoms with Crippen LogP contribution in [0, 0.1) is 0 Å². The molecule has 2 aromatic carbocycles. The third-order valence-corrected chi connectivity index (χ3v) is 6.30. The highest BCUT2D eigenvalue weighted by molar-refractivity contribution is 6.00. The van der Waals surface area contributed by atoms with E-state index in [1.165, 1.54) is 6.33 Å². The number of nitrogens with one attached hydrogen (secondary N) is 1. The van der Waals surface area contributed by atoms with Crippen LogP contribution >= 0.6 is 0 Å². The van der Waals surface area contributed by atoms with E-state index in [0.29, 0.717) is 41.6 Å². The molecule has 0 fully saturated rings. The van der Waals surface area contributed by atoms with Gasteiger partial charge < -0.3 is 24.6 Å². The molecule has 0 bridgehead atoms. The van der Waals surface area contributed by atoms with E-state index in [0.717, 1.165) is 16.8 Å². The third kappa shape index (κ3) is 4.18. The quantitative estimate of drug-likeness (QED) is 0.529. The summed E-state index contributed by atoms with van der Waals surface area (Å²) in [5.41, 5.74) is 3.29. The van der Waals surface area contributed by atoms with Crippen LogP contribution in [0.3, 0.4) is 0 Å². The first-order chi connectivity index (χ1) is 17.0. The van der Waals surface area contributed by atoms with Crippen LogP contribution in [0.4, 0.5) is 5.95 Å². The highest BCUT2D eigenvalue weighted by Gasteiger charge is 2.39. The van der Waals surface area contributed by atoms with Gasteiger partial charge in [0.15, 0.2) is 23.9 Å². The number of nitrogens with zero attached hydrogens (tertiary/aromatic N) is 3. The molecule has 2 aliphatic rings. The third-order valence-electron chi connectivity index (χ3n) is 6.30. The van der Waals surface area contributed by atoms with Crippen molar-refractivity contribution in [1.29, 1.82) is 0 Å². The van der Waals surface area contributed by atoms with Gasteiger partial charge in [-0.15, -0.1) is 0 Å². The number of hydrogen-bond donors (Lipinski definition) is 2. The number of rotatable bonds is 7. The van der Waals surface area contributed by atoms with Crippen LogP contribution in [-0.4, -0.2) is 52.5 Å². The SMILES string of the molecule is COc1ccc([C@@H]2CC(=O)C3=C(C2)Nc2ncnn2[C@@H]3c2ccc(OCC(=O)O)cc2)cc1OC. The van der Waals surface area contributed by atoms with Crippen molar-refractivity contribution in [2.75, 3.05) is 26.1 Å². The Labute approximate surface area is 201 Å². The number of carboxylic acids is 1. The van der Waals surface area contributed by atoms with Crippen molar-refractivity contribution < 1.29 is 28.9 Å². The van der Waals surface area contributed by atoms with Crippen LogP contribution in [0.15, 0.2) is 60.1 Å². The molecule has 0 saturated carbocycles. The van der Waals surface area contributed by atoms with Crippen molar-refractivity contribution in [3.8, 4) is 17.2 Å². The van der Waals surface area contributed by atoms with Gasteiger partial charge in [-0.05, 0) is 47.7 Å². The summed E-state index contributed by atoms with van der Waals surface area (Å²) in [6, 6.07) is 12.3. The summed E-state index contributed by atoms with van der Waals surface area (Å²) in [5, 5.41) is 16.5. The molecule has 3 aromatic rings. The number of Topliss-reactive ketones (excluding diaryl/α,β-unsaturated/α-hetero) is 1. The number of allylic oxidation sites excluding steroid dienone is 2. The predicted octanol–water partition coefficient (Wildman–Crippen LogP) is 3.17. The number of benzene rings is 2. The van der Waals surface area contributed by atoms with Crippen molar-refractivity contribution in [3.05, 3.63) is 71.2 Å². The molecular formula is C25H24N4O6. The fourth-order valence-electron chi connectivity index (χ4n) is 4.69. The lowest BCUT2D eigenvalue weighted by atomic mass is 9.78. The van der Waals surface area contributed by atoms with Gasteiger partial charge in [-0.3, -0.25) is 4.79 Å². The molecule has 5 rings (SSSR count). The lowest BCUT2D eigenvalue weighted by Crippen LogP contribution is -2.33. The Morgan fingerprint density at radius 1 is 1.09 bits per heavy atom. The number of carbonyl (C=O) groups excluding carboxylic acids is 1. The zero-order valence-electron chi connectivity index (χ0n) is 19.2. The second-order valence-electron chi connectivity index (χ2n) is 8.34. The second-order valence-corrected chi connectivity index (χ2v) is 8.34. The Kier molecular flexibility index (Phi) is 5.86. The summed E-state index contributed by atoms with van der Waals surface area (Å²) in [7, 11) is 3.18. The molecule has 10 nitrogen and oxygen atoms in total. The Morgan fingerprint density at radius 2 is 1.83 bits per heavy atom. The number of hydrogen-bond acceptors (Lipinski definition) is 8. The van der Waals surface area contributed by atoms with Gasteiger partial charge in [-0.2, -0.15) is 10.1 Å². The van der Waals surface area contributed by atoms with E-state index in [2.05, 4.69) is 15.4 Å². The van der Waals surface area contributed by atoms with E-state index < -0.39 is 18.6 Å². The molecule has 10 heteroatoms. The maximum absolute atomic E-state index is 13.5. The minimum atomic E-state index is -1.05. The number of carbonyl (C=O) groups is 2. The summed E-state index contributed by atoms with van der Waals surface area (Å²) in [4.78, 5) is 28.7. The van der Waals surface area contributed by atoms with Gasteiger partial charge in [-0.1, -0.05) is 18.2 Å². The zero-order valence-corrected chi connectivity index (χ0v) is 19.2. The molecule has 2 heterocycles. The number of carboxylic acid groups (broad SMARTS) is 1. The Hall–Kier alpha value is -4.34. The number of aromatic nitrogens is 3. The fourth-order valence-corrected chi connectivity index (χ4v) is 4.69. The smallest absolute Gasteiger partial charge is 0.341 e. The fraction of sp³-hybridized carbons (Fsp3) is 0.280. The molecule has 35 heavy (non-hydrogen) atoms. The molecule has 0 spiro atoms. The van der Waals surface area contributed by atoms with Gasteiger partial charge in [0.05, 0.1) is 14.2 Å². The maximum Gasteiger partial charge on any atom is 0.341 e. The number of anilines is 1. The number of fused-ring (bicyclic) bond motifs is 1. The number of aliphatic carboxylic acids is 1. The number of methoxy groups -OCH3 is 2. The van der Waals surface area contributed by atoms with E-state index in [4.69, 9.17) is 19.3 Å². The average molecular weight is 476 g/mol. The van der Waals surface area contributed by atoms with Crippen LogP contribution in [0.1, 0.15) is 35.9 Å². The van der Waals surface area contributed by atoms with Crippen molar-refractivity contribution >= 4 is 17.7 Å². The molecule has 0 radical (unpaired) electrons. The molecular weight excluding hydrogens is 452 g/mol. The van der Waals surface area contributed by atoms with E-state index >= 15 is 0 Å². The lowest BCUT2D eigenvalue weighted by molar-refractivity contribution is -0.139. The first kappa shape index (κ1) is 22.5. The van der Waals surface area contributed by atoms with Crippen molar-refractivity contribution in [1.82, 2.24) is 14.8 Å². The normalized spacial score (nSPS) is 18.9. The highest BCUT2D eigenvalue weighted by atomic mass is 16.5. The van der Waals surface area contributed by atoms with E-state index in [-0.39, 0.29) is 11.7 Å². The van der Waals surface area contributed by atoms with E-state index in [9.17, 15) is 9.59 Å². The predicted molar refractivity (Wildman–Crippen MR) is 125 cm³/mol. The monoisotopic (exact) mass is 476 g/mol.